The molecule has 0 amide bonds. The largest absolute Gasteiger partial charge is 0.573 e. The third-order valence-electron chi connectivity index (χ3n) is 3.29. The molecule has 6 heteroatoms. The number of halogens is 3. The summed E-state index contributed by atoms with van der Waals surface area (Å²) in [5, 5.41) is 13.4. The van der Waals surface area contributed by atoms with E-state index in [1.165, 1.54) is 18.2 Å². The predicted octanol–water partition coefficient (Wildman–Crippen LogP) is 2.62. The van der Waals surface area contributed by atoms with Gasteiger partial charge in [-0.1, -0.05) is 18.2 Å². The van der Waals surface area contributed by atoms with Gasteiger partial charge in [0.15, 0.2) is 0 Å². The molecule has 1 heterocycles. The Morgan fingerprint density at radius 2 is 1.84 bits per heavy atom. The van der Waals surface area contributed by atoms with E-state index < -0.39 is 12.5 Å². The van der Waals surface area contributed by atoms with Gasteiger partial charge < -0.3 is 15.2 Å². The van der Waals surface area contributed by atoms with Crippen molar-refractivity contribution < 1.29 is 23.0 Å². The fourth-order valence-electron chi connectivity index (χ4n) is 2.36. The van der Waals surface area contributed by atoms with Gasteiger partial charge in [-0.05, 0) is 37.9 Å². The maximum Gasteiger partial charge on any atom is 0.573 e. The average Bonchev–Trinajstić information content (AvgIpc) is 2.38. The van der Waals surface area contributed by atoms with Gasteiger partial charge in [0, 0.05) is 5.56 Å². The molecule has 1 aromatic carbocycles. The summed E-state index contributed by atoms with van der Waals surface area (Å²) in [6, 6.07) is 5.77. The molecule has 0 radical (unpaired) electrons. The van der Waals surface area contributed by atoms with E-state index in [0.717, 1.165) is 25.9 Å². The Bertz CT molecular complexity index is 417. The molecule has 0 saturated carbocycles. The van der Waals surface area contributed by atoms with Gasteiger partial charge >= 0.3 is 6.36 Å². The van der Waals surface area contributed by atoms with Crippen molar-refractivity contribution in [1.29, 1.82) is 0 Å². The summed E-state index contributed by atoms with van der Waals surface area (Å²) in [4.78, 5) is 0. The number of nitrogens with one attached hydrogen (secondary N) is 1. The second-order valence-electron chi connectivity index (χ2n) is 4.62. The van der Waals surface area contributed by atoms with Crippen LogP contribution in [0, 0.1) is 5.92 Å². The quantitative estimate of drug-likeness (QED) is 0.891. The van der Waals surface area contributed by atoms with Crippen LogP contribution in [0.4, 0.5) is 13.2 Å². The second kappa shape index (κ2) is 5.79. The zero-order valence-electron chi connectivity index (χ0n) is 10.3. The first kappa shape index (κ1) is 14.1. The molecule has 3 nitrogen and oxygen atoms in total. The van der Waals surface area contributed by atoms with Crippen molar-refractivity contribution in [2.24, 2.45) is 5.92 Å². The number of piperidine rings is 1. The lowest BCUT2D eigenvalue weighted by Gasteiger charge is -2.28. The number of aliphatic hydroxyl groups excluding tert-OH is 1. The van der Waals surface area contributed by atoms with Crippen LogP contribution in [-0.2, 0) is 0 Å². The summed E-state index contributed by atoms with van der Waals surface area (Å²) >= 11 is 0. The number of hydrogen-bond acceptors (Lipinski definition) is 3. The molecule has 2 N–H and O–H groups in total. The Kier molecular flexibility index (Phi) is 4.31. The highest BCUT2D eigenvalue weighted by molar-refractivity contribution is 5.35. The van der Waals surface area contributed by atoms with Crippen LogP contribution in [0.5, 0.6) is 5.75 Å². The van der Waals surface area contributed by atoms with E-state index in [9.17, 15) is 18.3 Å². The lowest BCUT2D eigenvalue weighted by Crippen LogP contribution is -2.31. The molecule has 1 atom stereocenters. The molecule has 1 aliphatic heterocycles. The van der Waals surface area contributed by atoms with Gasteiger partial charge in [0.2, 0.25) is 0 Å². The van der Waals surface area contributed by atoms with E-state index in [1.807, 2.05) is 0 Å². The number of rotatable bonds is 3. The Morgan fingerprint density at radius 3 is 2.47 bits per heavy atom. The Hall–Kier alpha value is -1.27. The maximum absolute atomic E-state index is 12.3. The second-order valence-corrected chi connectivity index (χ2v) is 4.62. The van der Waals surface area contributed by atoms with Crippen LogP contribution < -0.4 is 10.1 Å². The number of alkyl halides is 3. The molecule has 0 bridgehead atoms. The summed E-state index contributed by atoms with van der Waals surface area (Å²) in [6.07, 6.45) is -4.20. The molecule has 1 fully saturated rings. The van der Waals surface area contributed by atoms with Gasteiger partial charge in [-0.3, -0.25) is 0 Å². The summed E-state index contributed by atoms with van der Waals surface area (Å²) in [5.74, 6) is -0.361. The van der Waals surface area contributed by atoms with E-state index in [0.29, 0.717) is 0 Å². The Balaban J connectivity index is 2.18. The molecular weight excluding hydrogens is 259 g/mol. The number of hydrogen-bond donors (Lipinski definition) is 2. The molecule has 0 aliphatic carbocycles. The van der Waals surface area contributed by atoms with Gasteiger partial charge in [0.1, 0.15) is 5.75 Å². The van der Waals surface area contributed by atoms with Crippen molar-refractivity contribution >= 4 is 0 Å². The maximum atomic E-state index is 12.3. The van der Waals surface area contributed by atoms with Crippen LogP contribution in [0.15, 0.2) is 24.3 Å². The minimum absolute atomic E-state index is 0.0424. The summed E-state index contributed by atoms with van der Waals surface area (Å²) < 4.78 is 40.9. The molecule has 19 heavy (non-hydrogen) atoms. The lowest BCUT2D eigenvalue weighted by molar-refractivity contribution is -0.275. The average molecular weight is 275 g/mol. The standard InChI is InChI=1S/C13H16F3NO2/c14-13(15,16)19-11-4-2-1-3-10(11)12(18)9-5-7-17-8-6-9/h1-4,9,12,17-18H,5-8H2. The van der Waals surface area contributed by atoms with Crippen molar-refractivity contribution in [3.63, 3.8) is 0 Å². The van der Waals surface area contributed by atoms with Crippen molar-refractivity contribution in [3.8, 4) is 5.75 Å². The van der Waals surface area contributed by atoms with E-state index >= 15 is 0 Å². The lowest BCUT2D eigenvalue weighted by atomic mass is 9.88. The summed E-state index contributed by atoms with van der Waals surface area (Å²) in [5.41, 5.74) is 0.201. The van der Waals surface area contributed by atoms with Gasteiger partial charge in [-0.2, -0.15) is 0 Å². The number of benzene rings is 1. The SMILES string of the molecule is OC(c1ccccc1OC(F)(F)F)C1CCNCC1. The Morgan fingerprint density at radius 1 is 1.21 bits per heavy atom. The molecule has 2 rings (SSSR count). The third-order valence-corrected chi connectivity index (χ3v) is 3.29. The van der Waals surface area contributed by atoms with Crippen LogP contribution in [0.3, 0.4) is 0 Å². The fraction of sp³-hybridized carbons (Fsp3) is 0.538. The molecule has 1 aromatic rings. The predicted molar refractivity (Wildman–Crippen MR) is 63.7 cm³/mol. The smallest absolute Gasteiger partial charge is 0.405 e. The summed E-state index contributed by atoms with van der Waals surface area (Å²) in [6.45, 7) is 1.54. The van der Waals surface area contributed by atoms with E-state index in [4.69, 9.17) is 0 Å². The van der Waals surface area contributed by atoms with Crippen LogP contribution >= 0.6 is 0 Å². The van der Waals surface area contributed by atoms with Crippen LogP contribution in [0.25, 0.3) is 0 Å². The zero-order chi connectivity index (χ0) is 13.9. The van der Waals surface area contributed by atoms with Crippen molar-refractivity contribution in [1.82, 2.24) is 5.32 Å². The highest BCUT2D eigenvalue weighted by atomic mass is 19.4. The zero-order valence-corrected chi connectivity index (χ0v) is 10.3. The van der Waals surface area contributed by atoms with Gasteiger partial charge in [-0.15, -0.1) is 13.2 Å². The van der Waals surface area contributed by atoms with Crippen molar-refractivity contribution in [3.05, 3.63) is 29.8 Å². The van der Waals surface area contributed by atoms with Crippen molar-refractivity contribution in [2.75, 3.05) is 13.1 Å². The minimum atomic E-state index is -4.75. The molecule has 0 aromatic heterocycles. The highest BCUT2D eigenvalue weighted by Gasteiger charge is 2.34. The number of ether oxygens (including phenoxy) is 1. The van der Waals surface area contributed by atoms with Crippen LogP contribution in [0.1, 0.15) is 24.5 Å². The molecule has 106 valence electrons. The van der Waals surface area contributed by atoms with Crippen LogP contribution in [-0.4, -0.2) is 24.6 Å². The monoisotopic (exact) mass is 275 g/mol. The van der Waals surface area contributed by atoms with Crippen LogP contribution in [0.2, 0.25) is 0 Å². The third kappa shape index (κ3) is 3.84. The Labute approximate surface area is 109 Å². The molecule has 1 saturated heterocycles. The molecule has 1 unspecified atom stereocenters. The number of aliphatic hydroxyl groups is 1. The number of para-hydroxylation sites is 1. The first-order chi connectivity index (χ1) is 8.97. The van der Waals surface area contributed by atoms with Crippen molar-refractivity contribution in [2.45, 2.75) is 25.3 Å². The first-order valence-corrected chi connectivity index (χ1v) is 6.21. The van der Waals surface area contributed by atoms with E-state index in [-0.39, 0.29) is 17.2 Å². The van der Waals surface area contributed by atoms with Gasteiger partial charge in [-0.25, -0.2) is 0 Å². The summed E-state index contributed by atoms with van der Waals surface area (Å²) in [7, 11) is 0. The topological polar surface area (TPSA) is 41.5 Å². The normalized spacial score (nSPS) is 19.2. The minimum Gasteiger partial charge on any atom is -0.405 e. The first-order valence-electron chi connectivity index (χ1n) is 6.21. The van der Waals surface area contributed by atoms with Gasteiger partial charge in [0.05, 0.1) is 6.10 Å². The van der Waals surface area contributed by atoms with E-state index in [1.54, 1.807) is 6.07 Å². The highest BCUT2D eigenvalue weighted by Crippen LogP contribution is 2.36. The molecule has 0 spiro atoms. The van der Waals surface area contributed by atoms with E-state index in [2.05, 4.69) is 10.1 Å². The van der Waals surface area contributed by atoms with Gasteiger partial charge in [0.25, 0.3) is 0 Å². The fourth-order valence-corrected chi connectivity index (χ4v) is 2.36. The molecular formula is C13H16F3NO2. The molecule has 1 aliphatic rings.